The SMILES string of the molecule is CCCCOCCC(C)CCCC(=O)O. The zero-order chi connectivity index (χ0) is 11.5. The molecular weight excluding hydrogens is 192 g/mol. The lowest BCUT2D eigenvalue weighted by atomic mass is 10.0. The lowest BCUT2D eigenvalue weighted by Crippen LogP contribution is -2.04. The number of carboxylic acid groups (broad SMARTS) is 1. The minimum atomic E-state index is -0.693. The fourth-order valence-electron chi connectivity index (χ4n) is 1.38. The van der Waals surface area contributed by atoms with Gasteiger partial charge in [-0.15, -0.1) is 0 Å². The molecule has 0 bridgehead atoms. The van der Waals surface area contributed by atoms with Crippen LogP contribution in [0.5, 0.6) is 0 Å². The van der Waals surface area contributed by atoms with E-state index >= 15 is 0 Å². The number of rotatable bonds is 10. The van der Waals surface area contributed by atoms with Crippen molar-refractivity contribution in [2.45, 2.75) is 52.4 Å². The molecule has 0 fully saturated rings. The minimum Gasteiger partial charge on any atom is -0.481 e. The first kappa shape index (κ1) is 14.4. The first-order chi connectivity index (χ1) is 7.16. The molecule has 0 heterocycles. The summed E-state index contributed by atoms with van der Waals surface area (Å²) in [6.07, 6.45) is 5.42. The van der Waals surface area contributed by atoms with E-state index in [1.54, 1.807) is 0 Å². The molecule has 90 valence electrons. The Morgan fingerprint density at radius 2 is 2.00 bits per heavy atom. The first-order valence-corrected chi connectivity index (χ1v) is 5.96. The van der Waals surface area contributed by atoms with Crippen molar-refractivity contribution in [3.63, 3.8) is 0 Å². The number of hydrogen-bond donors (Lipinski definition) is 1. The Kier molecular flexibility index (Phi) is 9.59. The van der Waals surface area contributed by atoms with E-state index in [4.69, 9.17) is 9.84 Å². The van der Waals surface area contributed by atoms with Gasteiger partial charge in [0.25, 0.3) is 0 Å². The van der Waals surface area contributed by atoms with Gasteiger partial charge in [0, 0.05) is 19.6 Å². The fraction of sp³-hybridized carbons (Fsp3) is 0.917. The van der Waals surface area contributed by atoms with Crippen molar-refractivity contribution in [1.29, 1.82) is 0 Å². The second-order valence-electron chi connectivity index (χ2n) is 4.15. The molecule has 0 aromatic heterocycles. The summed E-state index contributed by atoms with van der Waals surface area (Å²) in [7, 11) is 0. The predicted octanol–water partition coefficient (Wildman–Crippen LogP) is 3.08. The molecule has 0 aromatic carbocycles. The second kappa shape index (κ2) is 9.97. The number of hydrogen-bond acceptors (Lipinski definition) is 2. The van der Waals surface area contributed by atoms with E-state index in [2.05, 4.69) is 13.8 Å². The van der Waals surface area contributed by atoms with Gasteiger partial charge in [-0.3, -0.25) is 4.79 Å². The summed E-state index contributed by atoms with van der Waals surface area (Å²) in [5, 5.41) is 8.47. The molecule has 1 atom stereocenters. The van der Waals surface area contributed by atoms with Gasteiger partial charge in [-0.1, -0.05) is 26.7 Å². The lowest BCUT2D eigenvalue weighted by molar-refractivity contribution is -0.137. The van der Waals surface area contributed by atoms with Gasteiger partial charge in [-0.05, 0) is 25.2 Å². The van der Waals surface area contributed by atoms with E-state index in [0.29, 0.717) is 12.3 Å². The molecule has 0 radical (unpaired) electrons. The second-order valence-corrected chi connectivity index (χ2v) is 4.15. The Labute approximate surface area is 92.8 Å². The van der Waals surface area contributed by atoms with Crippen LogP contribution in [0.1, 0.15) is 52.4 Å². The van der Waals surface area contributed by atoms with Crippen molar-refractivity contribution in [3.05, 3.63) is 0 Å². The molecule has 0 aromatic rings. The van der Waals surface area contributed by atoms with Crippen molar-refractivity contribution in [1.82, 2.24) is 0 Å². The van der Waals surface area contributed by atoms with Gasteiger partial charge in [0.05, 0.1) is 0 Å². The van der Waals surface area contributed by atoms with Crippen LogP contribution >= 0.6 is 0 Å². The highest BCUT2D eigenvalue weighted by atomic mass is 16.5. The summed E-state index contributed by atoms with van der Waals surface area (Å²) < 4.78 is 5.46. The van der Waals surface area contributed by atoms with Crippen molar-refractivity contribution in [3.8, 4) is 0 Å². The van der Waals surface area contributed by atoms with Crippen LogP contribution in [0.15, 0.2) is 0 Å². The topological polar surface area (TPSA) is 46.5 Å². The summed E-state index contributed by atoms with van der Waals surface area (Å²) >= 11 is 0. The van der Waals surface area contributed by atoms with Crippen LogP contribution in [-0.4, -0.2) is 24.3 Å². The molecule has 0 amide bonds. The van der Waals surface area contributed by atoms with E-state index in [0.717, 1.165) is 38.9 Å². The number of unbranched alkanes of at least 4 members (excludes halogenated alkanes) is 1. The van der Waals surface area contributed by atoms with Crippen LogP contribution in [0.3, 0.4) is 0 Å². The minimum absolute atomic E-state index is 0.293. The zero-order valence-electron chi connectivity index (χ0n) is 10.00. The maximum Gasteiger partial charge on any atom is 0.303 e. The molecule has 0 aliphatic heterocycles. The molecule has 1 unspecified atom stereocenters. The fourth-order valence-corrected chi connectivity index (χ4v) is 1.38. The average Bonchev–Trinajstić information content (AvgIpc) is 2.17. The van der Waals surface area contributed by atoms with Crippen LogP contribution in [0.25, 0.3) is 0 Å². The average molecular weight is 216 g/mol. The highest BCUT2D eigenvalue weighted by Gasteiger charge is 2.03. The van der Waals surface area contributed by atoms with Gasteiger partial charge >= 0.3 is 5.97 Å². The van der Waals surface area contributed by atoms with Gasteiger partial charge < -0.3 is 9.84 Å². The molecule has 0 aliphatic rings. The monoisotopic (exact) mass is 216 g/mol. The van der Waals surface area contributed by atoms with Gasteiger partial charge in [-0.25, -0.2) is 0 Å². The molecule has 0 spiro atoms. The Bertz CT molecular complexity index is 157. The molecule has 3 heteroatoms. The highest BCUT2D eigenvalue weighted by molar-refractivity contribution is 5.66. The maximum absolute atomic E-state index is 10.3. The number of aliphatic carboxylic acids is 1. The van der Waals surface area contributed by atoms with Gasteiger partial charge in [-0.2, -0.15) is 0 Å². The van der Waals surface area contributed by atoms with Gasteiger partial charge in [0.2, 0.25) is 0 Å². The molecule has 15 heavy (non-hydrogen) atoms. The predicted molar refractivity (Wildman–Crippen MR) is 61.0 cm³/mol. The smallest absolute Gasteiger partial charge is 0.303 e. The van der Waals surface area contributed by atoms with Crippen molar-refractivity contribution < 1.29 is 14.6 Å². The molecule has 0 rings (SSSR count). The zero-order valence-corrected chi connectivity index (χ0v) is 10.00. The molecule has 0 saturated carbocycles. The summed E-state index contributed by atoms with van der Waals surface area (Å²) in [5.41, 5.74) is 0. The van der Waals surface area contributed by atoms with Crippen LogP contribution in [0.4, 0.5) is 0 Å². The van der Waals surface area contributed by atoms with E-state index in [9.17, 15) is 4.79 Å². The third kappa shape index (κ3) is 11.4. The van der Waals surface area contributed by atoms with Crippen molar-refractivity contribution >= 4 is 5.97 Å². The Morgan fingerprint density at radius 1 is 1.27 bits per heavy atom. The highest BCUT2D eigenvalue weighted by Crippen LogP contribution is 2.11. The summed E-state index contributed by atoms with van der Waals surface area (Å²) in [6.45, 7) is 5.98. The molecule has 3 nitrogen and oxygen atoms in total. The summed E-state index contributed by atoms with van der Waals surface area (Å²) in [6, 6.07) is 0. The van der Waals surface area contributed by atoms with E-state index < -0.39 is 5.97 Å². The molecule has 0 saturated heterocycles. The standard InChI is InChI=1S/C12H24O3/c1-3-4-9-15-10-8-11(2)6-5-7-12(13)14/h11H,3-10H2,1-2H3,(H,13,14). The van der Waals surface area contributed by atoms with Crippen molar-refractivity contribution in [2.24, 2.45) is 5.92 Å². The Morgan fingerprint density at radius 3 is 2.60 bits per heavy atom. The Hall–Kier alpha value is -0.570. The quantitative estimate of drug-likeness (QED) is 0.571. The number of carbonyl (C=O) groups is 1. The van der Waals surface area contributed by atoms with Crippen LogP contribution in [0.2, 0.25) is 0 Å². The van der Waals surface area contributed by atoms with E-state index in [-0.39, 0.29) is 0 Å². The summed E-state index contributed by atoms with van der Waals surface area (Å²) in [4.78, 5) is 10.3. The third-order valence-corrected chi connectivity index (χ3v) is 2.48. The van der Waals surface area contributed by atoms with Crippen LogP contribution in [0, 0.1) is 5.92 Å². The molecular formula is C12H24O3. The first-order valence-electron chi connectivity index (χ1n) is 5.96. The normalized spacial score (nSPS) is 12.7. The maximum atomic E-state index is 10.3. The third-order valence-electron chi connectivity index (χ3n) is 2.48. The van der Waals surface area contributed by atoms with E-state index in [1.807, 2.05) is 0 Å². The van der Waals surface area contributed by atoms with Crippen LogP contribution < -0.4 is 0 Å². The van der Waals surface area contributed by atoms with Crippen LogP contribution in [-0.2, 0) is 9.53 Å². The Balaban J connectivity index is 3.18. The molecule has 0 aliphatic carbocycles. The summed E-state index contributed by atoms with van der Waals surface area (Å²) in [5.74, 6) is -0.118. The lowest BCUT2D eigenvalue weighted by Gasteiger charge is -2.10. The van der Waals surface area contributed by atoms with E-state index in [1.165, 1.54) is 6.42 Å². The number of carboxylic acids is 1. The van der Waals surface area contributed by atoms with Crippen molar-refractivity contribution in [2.75, 3.05) is 13.2 Å². The number of ether oxygens (including phenoxy) is 1. The van der Waals surface area contributed by atoms with Gasteiger partial charge in [0.1, 0.15) is 0 Å². The largest absolute Gasteiger partial charge is 0.481 e. The van der Waals surface area contributed by atoms with Gasteiger partial charge in [0.15, 0.2) is 0 Å². The molecule has 1 N–H and O–H groups in total.